The van der Waals surface area contributed by atoms with Crippen LogP contribution in [0.1, 0.15) is 84.8 Å². The van der Waals surface area contributed by atoms with Gasteiger partial charge in [-0.3, -0.25) is 9.59 Å². The van der Waals surface area contributed by atoms with Crippen molar-refractivity contribution in [2.75, 3.05) is 27.2 Å². The Hall–Kier alpha value is -4.37. The molecule has 1 spiro atoms. The van der Waals surface area contributed by atoms with E-state index >= 15 is 0 Å². The van der Waals surface area contributed by atoms with Crippen LogP contribution in [0.2, 0.25) is 0 Å². The standard InChI is InChI=1S/C37H52N4O11/c1-20(39-31(43)24(40-22(3)42)11-9-10-17-38-34(46)52-35(4,5)6)32(44)49-21(2)33(45)50-26-14-15-37(47)27-19-23-12-13-25(48-8)29-28(23)36(37,30(26)51-29)16-18-41(27)7/h12-14,20-21,24,27,30,47H,9-11,15-19H2,1-8H3,(H,38,46)(H,39,43)(H,40,42)/t20-,21-,24-,27?,30-,36-,37-/m0/s1. The van der Waals surface area contributed by atoms with Gasteiger partial charge in [0.15, 0.2) is 23.7 Å². The van der Waals surface area contributed by atoms with Gasteiger partial charge in [0.1, 0.15) is 23.4 Å². The molecule has 4 N–H and O–H groups in total. The van der Waals surface area contributed by atoms with E-state index in [1.165, 1.54) is 20.8 Å². The fraction of sp³-hybridized carbons (Fsp3) is 0.649. The van der Waals surface area contributed by atoms with E-state index in [1.54, 1.807) is 34.0 Å². The summed E-state index contributed by atoms with van der Waals surface area (Å²) in [6.07, 6.45) is 1.65. The van der Waals surface area contributed by atoms with Crippen molar-refractivity contribution in [2.45, 2.75) is 127 Å². The second-order valence-corrected chi connectivity index (χ2v) is 15.2. The first-order valence-electron chi connectivity index (χ1n) is 17.9. The number of hydrogen-bond donors (Lipinski definition) is 4. The number of carbonyl (C=O) groups is 5. The van der Waals surface area contributed by atoms with Crippen molar-refractivity contribution in [1.29, 1.82) is 0 Å². The number of unbranched alkanes of at least 4 members (excludes halogenated alkanes) is 1. The highest BCUT2D eigenvalue weighted by Crippen LogP contribution is 2.65. The molecule has 1 unspecified atom stereocenters. The van der Waals surface area contributed by atoms with Gasteiger partial charge >= 0.3 is 18.0 Å². The van der Waals surface area contributed by atoms with Gasteiger partial charge < -0.3 is 49.6 Å². The number of carbonyl (C=O) groups excluding carboxylic acids is 5. The molecule has 15 nitrogen and oxygen atoms in total. The monoisotopic (exact) mass is 728 g/mol. The van der Waals surface area contributed by atoms with Crippen LogP contribution in [-0.2, 0) is 45.2 Å². The Morgan fingerprint density at radius 2 is 1.83 bits per heavy atom. The van der Waals surface area contributed by atoms with E-state index < -0.39 is 70.8 Å². The number of amides is 3. The van der Waals surface area contributed by atoms with Crippen LogP contribution in [0.3, 0.4) is 0 Å². The van der Waals surface area contributed by atoms with E-state index in [-0.39, 0.29) is 24.6 Å². The molecule has 3 amide bonds. The number of hydrogen-bond acceptors (Lipinski definition) is 12. The zero-order valence-electron chi connectivity index (χ0n) is 31.3. The highest BCUT2D eigenvalue weighted by molar-refractivity contribution is 5.90. The maximum Gasteiger partial charge on any atom is 0.407 e. The normalized spacial score (nSPS) is 25.9. The molecule has 2 aliphatic heterocycles. The van der Waals surface area contributed by atoms with Crippen molar-refractivity contribution in [3.8, 4) is 11.5 Å². The minimum absolute atomic E-state index is 0.171. The second-order valence-electron chi connectivity index (χ2n) is 15.2. The van der Waals surface area contributed by atoms with Crippen molar-refractivity contribution in [3.05, 3.63) is 35.1 Å². The van der Waals surface area contributed by atoms with Gasteiger partial charge in [-0.15, -0.1) is 0 Å². The number of nitrogens with zero attached hydrogens (tertiary/aromatic N) is 1. The van der Waals surface area contributed by atoms with E-state index in [2.05, 4.69) is 20.9 Å². The minimum Gasteiger partial charge on any atom is -0.493 e. The van der Waals surface area contributed by atoms with E-state index in [1.807, 2.05) is 19.2 Å². The third kappa shape index (κ3) is 7.43. The van der Waals surface area contributed by atoms with E-state index in [0.717, 1.165) is 11.1 Å². The highest BCUT2D eigenvalue weighted by Gasteiger charge is 2.72. The molecule has 1 aromatic rings. The summed E-state index contributed by atoms with van der Waals surface area (Å²) in [4.78, 5) is 65.3. The Bertz CT molecular complexity index is 1620. The molecule has 0 aromatic heterocycles. The molecule has 1 saturated heterocycles. The number of esters is 2. The number of methoxy groups -OCH3 is 1. The number of benzene rings is 1. The number of ether oxygens (including phenoxy) is 5. The number of nitrogens with one attached hydrogen (secondary N) is 3. The fourth-order valence-corrected chi connectivity index (χ4v) is 7.98. The Kier molecular flexibility index (Phi) is 11.2. The summed E-state index contributed by atoms with van der Waals surface area (Å²) in [5.74, 6) is -1.46. The minimum atomic E-state index is -1.35. The zero-order chi connectivity index (χ0) is 38.2. The maximum absolute atomic E-state index is 13.4. The lowest BCUT2D eigenvalue weighted by atomic mass is 9.50. The summed E-state index contributed by atoms with van der Waals surface area (Å²) in [5.41, 5.74) is -0.725. The molecule has 286 valence electrons. The van der Waals surface area contributed by atoms with Gasteiger partial charge in [0.2, 0.25) is 11.8 Å². The third-order valence-corrected chi connectivity index (χ3v) is 10.4. The van der Waals surface area contributed by atoms with Crippen molar-refractivity contribution in [2.24, 2.45) is 0 Å². The average molecular weight is 729 g/mol. The van der Waals surface area contributed by atoms with Crippen LogP contribution >= 0.6 is 0 Å². The van der Waals surface area contributed by atoms with Gasteiger partial charge in [0.25, 0.3) is 0 Å². The molecule has 2 heterocycles. The number of rotatable bonds is 13. The Morgan fingerprint density at radius 1 is 1.10 bits per heavy atom. The predicted octanol–water partition coefficient (Wildman–Crippen LogP) is 2.15. The molecule has 15 heteroatoms. The molecule has 1 aromatic carbocycles. The molecule has 0 radical (unpaired) electrons. The largest absolute Gasteiger partial charge is 0.493 e. The maximum atomic E-state index is 13.4. The first-order valence-corrected chi connectivity index (χ1v) is 17.9. The van der Waals surface area contributed by atoms with Crippen molar-refractivity contribution >= 4 is 29.8 Å². The Morgan fingerprint density at radius 3 is 2.50 bits per heavy atom. The average Bonchev–Trinajstić information content (AvgIpc) is 3.41. The first kappa shape index (κ1) is 38.9. The van der Waals surface area contributed by atoms with Crippen LogP contribution in [0.25, 0.3) is 0 Å². The quantitative estimate of drug-likeness (QED) is 0.132. The molecule has 5 rings (SSSR count). The summed E-state index contributed by atoms with van der Waals surface area (Å²) in [6, 6.07) is 1.59. The number of likely N-dealkylation sites (N-methyl/N-ethyl adjacent to an activating group) is 1. The van der Waals surface area contributed by atoms with Gasteiger partial charge in [-0.1, -0.05) is 6.07 Å². The van der Waals surface area contributed by atoms with Gasteiger partial charge in [0, 0.05) is 31.5 Å². The van der Waals surface area contributed by atoms with Crippen LogP contribution in [0, 0.1) is 0 Å². The molecule has 1 fully saturated rings. The lowest BCUT2D eigenvalue weighted by Gasteiger charge is -2.61. The number of likely N-dealkylation sites (tertiary alicyclic amines) is 1. The van der Waals surface area contributed by atoms with Gasteiger partial charge in [0.05, 0.1) is 18.1 Å². The molecule has 52 heavy (non-hydrogen) atoms. The summed E-state index contributed by atoms with van der Waals surface area (Å²) >= 11 is 0. The molecular formula is C37H52N4O11. The van der Waals surface area contributed by atoms with Crippen molar-refractivity contribution in [1.82, 2.24) is 20.9 Å². The fourth-order valence-electron chi connectivity index (χ4n) is 7.98. The summed E-state index contributed by atoms with van der Waals surface area (Å²) in [6.45, 7) is 10.4. The number of alkyl carbamates (subject to hydrolysis) is 1. The third-order valence-electron chi connectivity index (χ3n) is 10.4. The van der Waals surface area contributed by atoms with E-state index in [9.17, 15) is 29.1 Å². The summed E-state index contributed by atoms with van der Waals surface area (Å²) < 4.78 is 28.6. The van der Waals surface area contributed by atoms with E-state index in [4.69, 9.17) is 23.7 Å². The van der Waals surface area contributed by atoms with Crippen molar-refractivity contribution < 1.29 is 52.8 Å². The van der Waals surface area contributed by atoms with Crippen LogP contribution in [0.5, 0.6) is 11.5 Å². The number of piperidine rings is 1. The topological polar surface area (TPSA) is 191 Å². The van der Waals surface area contributed by atoms with Gasteiger partial charge in [-0.2, -0.15) is 0 Å². The van der Waals surface area contributed by atoms with Crippen LogP contribution in [0.4, 0.5) is 4.79 Å². The van der Waals surface area contributed by atoms with Crippen LogP contribution in [0.15, 0.2) is 24.0 Å². The molecule has 2 aliphatic carbocycles. The van der Waals surface area contributed by atoms with Crippen LogP contribution < -0.4 is 25.4 Å². The van der Waals surface area contributed by atoms with Crippen LogP contribution in [-0.4, -0.2) is 109 Å². The SMILES string of the molecule is COc1ccc2c3c1O[C@H]1C(OC(=O)[C@H](C)OC(=O)[C@H](C)NC(=O)[C@H](CCCCNC(=O)OC(C)(C)C)NC(C)=O)=CC[C@]4(O)C(C2)N(C)CC[C@]314. The number of aliphatic hydroxyl groups is 1. The van der Waals surface area contributed by atoms with Gasteiger partial charge in [-0.05, 0) is 98.0 Å². The first-order chi connectivity index (χ1) is 24.4. The highest BCUT2D eigenvalue weighted by atomic mass is 16.6. The molecule has 2 bridgehead atoms. The lowest BCUT2D eigenvalue weighted by Crippen LogP contribution is -2.74. The smallest absolute Gasteiger partial charge is 0.407 e. The zero-order valence-corrected chi connectivity index (χ0v) is 31.3. The molecule has 7 atom stereocenters. The summed E-state index contributed by atoms with van der Waals surface area (Å²) in [5, 5.41) is 20.2. The van der Waals surface area contributed by atoms with Crippen molar-refractivity contribution in [3.63, 3.8) is 0 Å². The summed E-state index contributed by atoms with van der Waals surface area (Å²) in [7, 11) is 3.56. The second kappa shape index (κ2) is 14.9. The van der Waals surface area contributed by atoms with E-state index in [0.29, 0.717) is 50.3 Å². The molecule has 0 saturated carbocycles. The predicted molar refractivity (Wildman–Crippen MR) is 186 cm³/mol. The lowest BCUT2D eigenvalue weighted by molar-refractivity contribution is -0.176. The molecular weight excluding hydrogens is 676 g/mol. The Labute approximate surface area is 304 Å². The van der Waals surface area contributed by atoms with Gasteiger partial charge in [-0.25, -0.2) is 14.4 Å². The Balaban J connectivity index is 1.18. The molecule has 4 aliphatic rings.